The zero-order valence-electron chi connectivity index (χ0n) is 24.0. The molecule has 45 heavy (non-hydrogen) atoms. The van der Waals surface area contributed by atoms with E-state index in [1.165, 1.54) is 13.0 Å². The highest BCUT2D eigenvalue weighted by atomic mass is 32.2. The highest BCUT2D eigenvalue weighted by molar-refractivity contribution is 8.00. The Hall–Kier alpha value is -5.10. The number of amides is 3. The molecular formula is C33H27F4N3O4S. The zero-order valence-corrected chi connectivity index (χ0v) is 24.8. The first-order chi connectivity index (χ1) is 21.6. The Labute approximate surface area is 260 Å². The molecular weight excluding hydrogens is 610 g/mol. The minimum absolute atomic E-state index is 0.0481. The molecule has 1 unspecified atom stereocenters. The van der Waals surface area contributed by atoms with Gasteiger partial charge in [-0.15, -0.1) is 11.8 Å². The molecule has 1 atom stereocenters. The van der Waals surface area contributed by atoms with Crippen LogP contribution in [-0.2, 0) is 9.59 Å². The van der Waals surface area contributed by atoms with E-state index in [0.29, 0.717) is 34.1 Å². The van der Waals surface area contributed by atoms with Gasteiger partial charge in [-0.25, -0.2) is 17.6 Å². The van der Waals surface area contributed by atoms with E-state index in [1.54, 1.807) is 78.9 Å². The number of benzene rings is 4. The van der Waals surface area contributed by atoms with E-state index in [1.807, 2.05) is 12.2 Å². The van der Waals surface area contributed by atoms with Crippen molar-refractivity contribution in [3.05, 3.63) is 125 Å². The number of carbonyl (C=O) groups is 3. The van der Waals surface area contributed by atoms with Gasteiger partial charge >= 0.3 is 0 Å². The van der Waals surface area contributed by atoms with Crippen LogP contribution in [0.25, 0.3) is 6.08 Å². The van der Waals surface area contributed by atoms with E-state index < -0.39 is 51.9 Å². The van der Waals surface area contributed by atoms with Crippen LogP contribution in [0.2, 0.25) is 0 Å². The molecule has 3 amide bonds. The molecule has 0 saturated heterocycles. The highest BCUT2D eigenvalue weighted by Crippen LogP contribution is 2.29. The number of ether oxygens (including phenoxy) is 1. The fraction of sp³-hybridized carbons (Fsp3) is 0.121. The monoisotopic (exact) mass is 637 g/mol. The molecule has 12 heteroatoms. The lowest BCUT2D eigenvalue weighted by Crippen LogP contribution is -2.30. The summed E-state index contributed by atoms with van der Waals surface area (Å²) in [5.74, 6) is -8.20. The summed E-state index contributed by atoms with van der Waals surface area (Å²) in [6.45, 7) is 3.66. The maximum atomic E-state index is 14.0. The van der Waals surface area contributed by atoms with E-state index in [-0.39, 0.29) is 11.8 Å². The molecule has 4 rings (SSSR count). The summed E-state index contributed by atoms with van der Waals surface area (Å²) in [4.78, 5) is 39.4. The summed E-state index contributed by atoms with van der Waals surface area (Å²) in [6, 6.07) is 21.7. The molecule has 7 nitrogen and oxygen atoms in total. The molecule has 0 heterocycles. The van der Waals surface area contributed by atoms with Crippen molar-refractivity contribution in [3.63, 3.8) is 0 Å². The topological polar surface area (TPSA) is 96.5 Å². The first-order valence-corrected chi connectivity index (χ1v) is 14.5. The second-order valence-corrected chi connectivity index (χ2v) is 10.8. The van der Waals surface area contributed by atoms with Crippen molar-refractivity contribution in [3.8, 4) is 5.75 Å². The number of hydrogen-bond donors (Lipinski definition) is 3. The quantitative estimate of drug-likeness (QED) is 0.0702. The molecule has 3 N–H and O–H groups in total. The molecule has 0 saturated carbocycles. The number of para-hydroxylation sites is 1. The molecule has 4 aromatic rings. The molecule has 0 aliphatic carbocycles. The van der Waals surface area contributed by atoms with Crippen LogP contribution in [0.1, 0.15) is 29.8 Å². The fourth-order valence-electron chi connectivity index (χ4n) is 3.97. The maximum absolute atomic E-state index is 14.0. The van der Waals surface area contributed by atoms with Gasteiger partial charge in [-0.1, -0.05) is 36.4 Å². The number of anilines is 2. The van der Waals surface area contributed by atoms with Crippen LogP contribution in [-0.4, -0.2) is 29.6 Å². The molecule has 0 fully saturated rings. The van der Waals surface area contributed by atoms with Gasteiger partial charge in [-0.2, -0.15) is 0 Å². The average molecular weight is 638 g/mol. The van der Waals surface area contributed by atoms with Gasteiger partial charge in [-0.3, -0.25) is 14.4 Å². The van der Waals surface area contributed by atoms with Crippen molar-refractivity contribution < 1.29 is 36.7 Å². The van der Waals surface area contributed by atoms with Crippen molar-refractivity contribution in [2.45, 2.75) is 24.0 Å². The van der Waals surface area contributed by atoms with Gasteiger partial charge in [0.05, 0.1) is 11.9 Å². The summed E-state index contributed by atoms with van der Waals surface area (Å²) in [6.07, 6.45) is 1.50. The molecule has 4 aromatic carbocycles. The molecule has 0 radical (unpaired) electrons. The molecule has 0 aromatic heterocycles. The van der Waals surface area contributed by atoms with Crippen molar-refractivity contribution in [1.82, 2.24) is 5.32 Å². The highest BCUT2D eigenvalue weighted by Gasteiger charge is 2.24. The summed E-state index contributed by atoms with van der Waals surface area (Å²) in [5.41, 5.74) is 0.0151. The number of carbonyl (C=O) groups excluding carboxylic acids is 3. The lowest BCUT2D eigenvalue weighted by Gasteiger charge is -2.15. The van der Waals surface area contributed by atoms with Gasteiger partial charge in [0, 0.05) is 27.8 Å². The van der Waals surface area contributed by atoms with Crippen LogP contribution in [0.5, 0.6) is 5.75 Å². The lowest BCUT2D eigenvalue weighted by molar-refractivity contribution is -0.115. The minimum Gasteiger partial charge on any atom is -0.493 e. The van der Waals surface area contributed by atoms with E-state index in [0.717, 1.165) is 11.8 Å². The third-order valence-corrected chi connectivity index (χ3v) is 7.31. The predicted octanol–water partition coefficient (Wildman–Crippen LogP) is 7.17. The second-order valence-electron chi connectivity index (χ2n) is 9.42. The second kappa shape index (κ2) is 15.1. The van der Waals surface area contributed by atoms with Gasteiger partial charge in [0.15, 0.2) is 23.3 Å². The summed E-state index contributed by atoms with van der Waals surface area (Å²) in [7, 11) is 0. The third-order valence-electron chi connectivity index (χ3n) is 6.20. The Morgan fingerprint density at radius 1 is 0.844 bits per heavy atom. The number of nitrogens with one attached hydrogen (secondary N) is 3. The van der Waals surface area contributed by atoms with E-state index in [2.05, 4.69) is 10.6 Å². The first-order valence-electron chi connectivity index (χ1n) is 13.6. The van der Waals surface area contributed by atoms with Crippen molar-refractivity contribution in [2.24, 2.45) is 0 Å². The average Bonchev–Trinajstić information content (AvgIpc) is 3.04. The molecule has 0 aliphatic heterocycles. The van der Waals surface area contributed by atoms with Crippen LogP contribution in [0.15, 0.2) is 95.5 Å². The Bertz CT molecular complexity index is 1710. The van der Waals surface area contributed by atoms with Crippen molar-refractivity contribution in [2.75, 3.05) is 17.2 Å². The molecule has 0 aliphatic rings. The first kappa shape index (κ1) is 32.8. The van der Waals surface area contributed by atoms with Crippen LogP contribution < -0.4 is 20.7 Å². The normalized spacial score (nSPS) is 11.8. The predicted molar refractivity (Wildman–Crippen MR) is 165 cm³/mol. The Balaban J connectivity index is 1.48. The van der Waals surface area contributed by atoms with Crippen LogP contribution in [0.4, 0.5) is 28.9 Å². The summed E-state index contributed by atoms with van der Waals surface area (Å²) >= 11 is 1.000. The number of rotatable bonds is 11. The molecule has 0 bridgehead atoms. The summed E-state index contributed by atoms with van der Waals surface area (Å²) in [5, 5.41) is 6.35. The van der Waals surface area contributed by atoms with Gasteiger partial charge in [-0.05, 0) is 62.4 Å². The Kier molecular flexibility index (Phi) is 11.0. The largest absolute Gasteiger partial charge is 0.493 e. The number of thioether (sulfide) groups is 1. The van der Waals surface area contributed by atoms with Gasteiger partial charge in [0.25, 0.3) is 11.8 Å². The van der Waals surface area contributed by atoms with Gasteiger partial charge < -0.3 is 20.7 Å². The van der Waals surface area contributed by atoms with Crippen LogP contribution >= 0.6 is 11.8 Å². The zero-order chi connectivity index (χ0) is 32.5. The van der Waals surface area contributed by atoms with E-state index in [4.69, 9.17) is 4.74 Å². The fourth-order valence-corrected chi connectivity index (χ4v) is 4.83. The van der Waals surface area contributed by atoms with Crippen LogP contribution in [0.3, 0.4) is 0 Å². The van der Waals surface area contributed by atoms with Crippen LogP contribution in [0, 0.1) is 23.3 Å². The minimum atomic E-state index is -1.71. The van der Waals surface area contributed by atoms with Gasteiger partial charge in [0.1, 0.15) is 17.1 Å². The number of hydrogen-bond acceptors (Lipinski definition) is 5. The van der Waals surface area contributed by atoms with Crippen molar-refractivity contribution >= 4 is 46.9 Å². The summed E-state index contributed by atoms with van der Waals surface area (Å²) < 4.78 is 60.6. The molecule has 232 valence electrons. The van der Waals surface area contributed by atoms with E-state index in [9.17, 15) is 31.9 Å². The SMILES string of the molecule is CCOc1ccccc1/C=C(\NC(=O)c1ccccc1)C(=O)Nc1ccc(SC(C)C(=O)Nc2c(F)c(F)cc(F)c2F)cc1. The molecule has 0 spiro atoms. The Morgan fingerprint density at radius 2 is 1.47 bits per heavy atom. The maximum Gasteiger partial charge on any atom is 0.272 e. The third kappa shape index (κ3) is 8.51. The Morgan fingerprint density at radius 3 is 2.11 bits per heavy atom. The van der Waals surface area contributed by atoms with Gasteiger partial charge in [0.2, 0.25) is 5.91 Å². The standard InChI is InChI=1S/C33H27F4N3O4S/c1-3-44-27-12-8-7-11-21(27)17-26(39-32(42)20-9-5-4-6-10-20)33(43)38-22-13-15-23(16-14-22)45-19(2)31(41)40-30-28(36)24(34)18-25(35)29(30)37/h4-19H,3H2,1-2H3,(H,38,43)(H,39,42)(H,40,41)/b26-17-. The lowest BCUT2D eigenvalue weighted by atomic mass is 10.1. The van der Waals surface area contributed by atoms with E-state index >= 15 is 0 Å². The smallest absolute Gasteiger partial charge is 0.272 e. The number of halogens is 4. The van der Waals surface area contributed by atoms with Crippen molar-refractivity contribution in [1.29, 1.82) is 0 Å².